The zero-order valence-corrected chi connectivity index (χ0v) is 17.4. The number of hydrogen-bond donors (Lipinski definition) is 1. The number of anilines is 1. The molecule has 7 heteroatoms. The number of Topliss-reactive ketones (excluding diaryl/α,β-unsaturated/α-hetero) is 1. The van der Waals surface area contributed by atoms with E-state index in [2.05, 4.69) is 10.3 Å². The monoisotopic (exact) mass is 431 g/mol. The molecule has 0 radical (unpaired) electrons. The van der Waals surface area contributed by atoms with Crippen LogP contribution in [0, 0.1) is 0 Å². The number of nitrogens with one attached hydrogen (secondary N) is 1. The minimum absolute atomic E-state index is 0.0200. The summed E-state index contributed by atoms with van der Waals surface area (Å²) in [6.07, 6.45) is 4.82. The largest absolute Gasteiger partial charge is 0.348 e. The van der Waals surface area contributed by atoms with Crippen molar-refractivity contribution >= 4 is 41.0 Å². The van der Waals surface area contributed by atoms with Crippen molar-refractivity contribution in [2.45, 2.75) is 6.54 Å². The molecule has 2 heterocycles. The normalized spacial score (nSPS) is 14.5. The number of likely N-dealkylation sites (N-methyl/N-ethyl adjacent to an activating group) is 1. The van der Waals surface area contributed by atoms with E-state index in [0.29, 0.717) is 33.9 Å². The Labute approximate surface area is 184 Å². The number of carbonyl (C=O) groups is 3. The van der Waals surface area contributed by atoms with Crippen LogP contribution in [0.15, 0.2) is 72.6 Å². The van der Waals surface area contributed by atoms with Crippen molar-refractivity contribution in [2.24, 2.45) is 0 Å². The standard InChI is InChI=1S/C24H18ClN3O3/c1-28-21-6-5-17(23(30)27-14-15-7-9-26-10-8-15)13-19(21)22(29)20(24(28)31)12-16-3-2-4-18(25)11-16/h2-13H,14H2,1H3,(H,27,30)/b20-12+. The Bertz CT molecular complexity index is 1220. The summed E-state index contributed by atoms with van der Waals surface area (Å²) in [7, 11) is 1.60. The summed E-state index contributed by atoms with van der Waals surface area (Å²) in [4.78, 5) is 43.9. The van der Waals surface area contributed by atoms with Gasteiger partial charge in [0.25, 0.3) is 11.8 Å². The molecule has 0 atom stereocenters. The molecule has 0 saturated carbocycles. The molecule has 1 aromatic heterocycles. The van der Waals surface area contributed by atoms with E-state index in [0.717, 1.165) is 5.56 Å². The lowest BCUT2D eigenvalue weighted by atomic mass is 9.92. The molecule has 1 aliphatic heterocycles. The number of benzene rings is 2. The summed E-state index contributed by atoms with van der Waals surface area (Å²) in [6, 6.07) is 15.3. The third kappa shape index (κ3) is 4.25. The first-order valence-electron chi connectivity index (χ1n) is 9.55. The Balaban J connectivity index is 1.63. The molecule has 1 N–H and O–H groups in total. The fourth-order valence-electron chi connectivity index (χ4n) is 3.36. The first-order valence-corrected chi connectivity index (χ1v) is 9.93. The summed E-state index contributed by atoms with van der Waals surface area (Å²) < 4.78 is 0. The number of carbonyl (C=O) groups excluding carboxylic acids is 3. The average molecular weight is 432 g/mol. The van der Waals surface area contributed by atoms with Crippen LogP contribution in [0.4, 0.5) is 5.69 Å². The van der Waals surface area contributed by atoms with E-state index >= 15 is 0 Å². The molecule has 2 aromatic carbocycles. The predicted octanol–water partition coefficient (Wildman–Crippen LogP) is 3.91. The number of rotatable bonds is 4. The van der Waals surface area contributed by atoms with Gasteiger partial charge in [-0.05, 0) is 59.7 Å². The molecular weight excluding hydrogens is 414 g/mol. The van der Waals surface area contributed by atoms with E-state index in [1.54, 1.807) is 55.8 Å². The first kappa shape index (κ1) is 20.5. The Hall–Kier alpha value is -3.77. The highest BCUT2D eigenvalue weighted by molar-refractivity contribution is 6.37. The van der Waals surface area contributed by atoms with Crippen LogP contribution < -0.4 is 10.2 Å². The lowest BCUT2D eigenvalue weighted by molar-refractivity contribution is -0.114. The number of pyridine rings is 1. The molecule has 2 amide bonds. The fraction of sp³-hybridized carbons (Fsp3) is 0.0833. The third-order valence-electron chi connectivity index (χ3n) is 5.01. The Morgan fingerprint density at radius 2 is 1.87 bits per heavy atom. The molecule has 3 aromatic rings. The smallest absolute Gasteiger partial charge is 0.262 e. The fourth-order valence-corrected chi connectivity index (χ4v) is 3.56. The van der Waals surface area contributed by atoms with Crippen LogP contribution in [0.5, 0.6) is 0 Å². The van der Waals surface area contributed by atoms with E-state index in [4.69, 9.17) is 11.6 Å². The molecule has 31 heavy (non-hydrogen) atoms. The maximum absolute atomic E-state index is 13.1. The van der Waals surface area contributed by atoms with Crippen LogP contribution in [0.2, 0.25) is 5.02 Å². The molecule has 4 rings (SSSR count). The van der Waals surface area contributed by atoms with Crippen LogP contribution in [-0.2, 0) is 11.3 Å². The van der Waals surface area contributed by atoms with Crippen LogP contribution in [0.1, 0.15) is 31.8 Å². The molecule has 6 nitrogen and oxygen atoms in total. The second kappa shape index (κ2) is 8.53. The highest BCUT2D eigenvalue weighted by Gasteiger charge is 2.33. The summed E-state index contributed by atoms with van der Waals surface area (Å²) in [5.41, 5.74) is 2.68. The van der Waals surface area contributed by atoms with Gasteiger partial charge in [0.15, 0.2) is 0 Å². The van der Waals surface area contributed by atoms with Crippen molar-refractivity contribution < 1.29 is 14.4 Å². The van der Waals surface area contributed by atoms with Gasteiger partial charge in [-0.2, -0.15) is 0 Å². The molecule has 0 bridgehead atoms. The van der Waals surface area contributed by atoms with E-state index in [1.165, 1.54) is 17.0 Å². The molecule has 1 aliphatic rings. The van der Waals surface area contributed by atoms with Crippen LogP contribution in [0.25, 0.3) is 6.08 Å². The minimum Gasteiger partial charge on any atom is -0.348 e. The molecule has 0 spiro atoms. The number of nitrogens with zero attached hydrogens (tertiary/aromatic N) is 2. The van der Waals surface area contributed by atoms with E-state index in [1.807, 2.05) is 12.1 Å². The number of fused-ring (bicyclic) bond motifs is 1. The summed E-state index contributed by atoms with van der Waals surface area (Å²) in [5, 5.41) is 3.33. The number of hydrogen-bond acceptors (Lipinski definition) is 4. The number of ketones is 1. The van der Waals surface area contributed by atoms with Crippen molar-refractivity contribution in [1.29, 1.82) is 0 Å². The van der Waals surface area contributed by atoms with Crippen molar-refractivity contribution in [1.82, 2.24) is 10.3 Å². The van der Waals surface area contributed by atoms with Gasteiger partial charge in [-0.1, -0.05) is 23.7 Å². The van der Waals surface area contributed by atoms with Gasteiger partial charge in [-0.25, -0.2) is 0 Å². The highest BCUT2D eigenvalue weighted by atomic mass is 35.5. The van der Waals surface area contributed by atoms with Crippen molar-refractivity contribution in [3.05, 3.63) is 99.8 Å². The van der Waals surface area contributed by atoms with Gasteiger partial charge in [0, 0.05) is 42.1 Å². The van der Waals surface area contributed by atoms with Gasteiger partial charge in [-0.3, -0.25) is 19.4 Å². The third-order valence-corrected chi connectivity index (χ3v) is 5.24. The van der Waals surface area contributed by atoms with Gasteiger partial charge in [0.2, 0.25) is 5.78 Å². The van der Waals surface area contributed by atoms with E-state index < -0.39 is 11.7 Å². The van der Waals surface area contributed by atoms with Crippen molar-refractivity contribution in [3.63, 3.8) is 0 Å². The Kier molecular flexibility index (Phi) is 5.64. The predicted molar refractivity (Wildman–Crippen MR) is 119 cm³/mol. The van der Waals surface area contributed by atoms with Gasteiger partial charge in [0.05, 0.1) is 11.3 Å². The van der Waals surface area contributed by atoms with Gasteiger partial charge < -0.3 is 10.2 Å². The zero-order valence-electron chi connectivity index (χ0n) is 16.6. The lowest BCUT2D eigenvalue weighted by Gasteiger charge is -2.27. The molecule has 154 valence electrons. The molecule has 0 aliphatic carbocycles. The van der Waals surface area contributed by atoms with Crippen molar-refractivity contribution in [2.75, 3.05) is 11.9 Å². The maximum atomic E-state index is 13.1. The number of aromatic nitrogens is 1. The van der Waals surface area contributed by atoms with Gasteiger partial charge in [0.1, 0.15) is 0 Å². The van der Waals surface area contributed by atoms with Crippen LogP contribution in [-0.4, -0.2) is 29.6 Å². The Morgan fingerprint density at radius 1 is 1.10 bits per heavy atom. The maximum Gasteiger partial charge on any atom is 0.262 e. The average Bonchev–Trinajstić information content (AvgIpc) is 2.79. The summed E-state index contributed by atoms with van der Waals surface area (Å²) in [5.74, 6) is -1.15. The zero-order chi connectivity index (χ0) is 22.0. The second-order valence-corrected chi connectivity index (χ2v) is 7.51. The van der Waals surface area contributed by atoms with Crippen LogP contribution in [0.3, 0.4) is 0 Å². The quantitative estimate of drug-likeness (QED) is 0.501. The minimum atomic E-state index is -0.429. The second-order valence-electron chi connectivity index (χ2n) is 7.08. The SMILES string of the molecule is CN1C(=O)/C(=C/c2cccc(Cl)c2)C(=O)c2cc(C(=O)NCc3ccncc3)ccc21. The molecule has 0 unspecified atom stereocenters. The highest BCUT2D eigenvalue weighted by Crippen LogP contribution is 2.31. The van der Waals surface area contributed by atoms with Crippen LogP contribution >= 0.6 is 11.6 Å². The molecule has 0 fully saturated rings. The number of halogens is 1. The van der Waals surface area contributed by atoms with E-state index in [-0.39, 0.29) is 11.5 Å². The van der Waals surface area contributed by atoms with Crippen molar-refractivity contribution in [3.8, 4) is 0 Å². The Morgan fingerprint density at radius 3 is 2.61 bits per heavy atom. The number of amides is 2. The van der Waals surface area contributed by atoms with Gasteiger partial charge in [-0.15, -0.1) is 0 Å². The summed E-state index contributed by atoms with van der Waals surface area (Å²) >= 11 is 6.02. The van der Waals surface area contributed by atoms with E-state index in [9.17, 15) is 14.4 Å². The lowest BCUT2D eigenvalue weighted by Crippen LogP contribution is -2.37. The first-order chi connectivity index (χ1) is 14.9. The molecular formula is C24H18ClN3O3. The topological polar surface area (TPSA) is 79.4 Å². The van der Waals surface area contributed by atoms with Gasteiger partial charge >= 0.3 is 0 Å². The molecule has 0 saturated heterocycles. The summed E-state index contributed by atoms with van der Waals surface area (Å²) in [6.45, 7) is 0.338.